The van der Waals surface area contributed by atoms with Gasteiger partial charge in [-0.05, 0) is 24.1 Å². The summed E-state index contributed by atoms with van der Waals surface area (Å²) in [5.74, 6) is 0.770. The predicted octanol–water partition coefficient (Wildman–Crippen LogP) is 3.60. The number of ether oxygens (including phenoxy) is 1. The van der Waals surface area contributed by atoms with Crippen molar-refractivity contribution in [1.29, 1.82) is 0 Å². The lowest BCUT2D eigenvalue weighted by atomic mass is 10.0. The van der Waals surface area contributed by atoms with Gasteiger partial charge in [-0.3, -0.25) is 4.79 Å². The SMILES string of the molecule is COc1cccc(CNC(=O)CCc2conc2-c2ccccc2)c1. The minimum absolute atomic E-state index is 0.0111. The molecule has 0 unspecified atom stereocenters. The number of benzene rings is 2. The molecule has 0 radical (unpaired) electrons. The average Bonchev–Trinajstić information content (AvgIpc) is 3.14. The van der Waals surface area contributed by atoms with E-state index in [1.54, 1.807) is 13.4 Å². The second-order valence-electron chi connectivity index (χ2n) is 5.68. The van der Waals surface area contributed by atoms with Crippen LogP contribution in [-0.4, -0.2) is 18.2 Å². The van der Waals surface area contributed by atoms with Gasteiger partial charge in [0.2, 0.25) is 5.91 Å². The molecule has 128 valence electrons. The maximum Gasteiger partial charge on any atom is 0.220 e. The third-order valence-electron chi connectivity index (χ3n) is 3.94. The van der Waals surface area contributed by atoms with Gasteiger partial charge in [0.1, 0.15) is 17.7 Å². The minimum Gasteiger partial charge on any atom is -0.497 e. The molecule has 3 rings (SSSR count). The summed E-state index contributed by atoms with van der Waals surface area (Å²) in [6.45, 7) is 0.477. The maximum atomic E-state index is 12.1. The second kappa shape index (κ2) is 8.15. The van der Waals surface area contributed by atoms with Gasteiger partial charge in [0.15, 0.2) is 0 Å². The van der Waals surface area contributed by atoms with Crippen molar-refractivity contribution in [3.63, 3.8) is 0 Å². The van der Waals surface area contributed by atoms with Crippen molar-refractivity contribution in [2.75, 3.05) is 7.11 Å². The Labute approximate surface area is 146 Å². The lowest BCUT2D eigenvalue weighted by molar-refractivity contribution is -0.121. The largest absolute Gasteiger partial charge is 0.497 e. The molecule has 5 nitrogen and oxygen atoms in total. The Kier molecular flexibility index (Phi) is 5.46. The zero-order valence-corrected chi connectivity index (χ0v) is 14.1. The molecule has 0 aliphatic heterocycles. The third kappa shape index (κ3) is 4.47. The zero-order valence-electron chi connectivity index (χ0n) is 14.1. The van der Waals surface area contributed by atoms with Crippen LogP contribution in [0.25, 0.3) is 11.3 Å². The summed E-state index contributed by atoms with van der Waals surface area (Å²) in [6, 6.07) is 17.5. The zero-order chi connectivity index (χ0) is 17.5. The Balaban J connectivity index is 1.54. The fourth-order valence-electron chi connectivity index (χ4n) is 2.59. The molecular weight excluding hydrogens is 316 g/mol. The van der Waals surface area contributed by atoms with Crippen molar-refractivity contribution >= 4 is 5.91 Å². The summed E-state index contributed by atoms with van der Waals surface area (Å²) in [5.41, 5.74) is 3.72. The standard InChI is InChI=1S/C20H20N2O3/c1-24-18-9-5-6-15(12-18)13-21-19(23)11-10-17-14-25-22-20(17)16-7-3-2-4-8-16/h2-9,12,14H,10-11,13H2,1H3,(H,21,23). The van der Waals surface area contributed by atoms with E-state index in [1.165, 1.54) is 0 Å². The van der Waals surface area contributed by atoms with Crippen LogP contribution in [0.2, 0.25) is 0 Å². The van der Waals surface area contributed by atoms with Crippen molar-refractivity contribution in [1.82, 2.24) is 10.5 Å². The summed E-state index contributed by atoms with van der Waals surface area (Å²) in [6.07, 6.45) is 2.57. The predicted molar refractivity (Wildman–Crippen MR) is 95.1 cm³/mol. The number of amides is 1. The number of nitrogens with one attached hydrogen (secondary N) is 1. The highest BCUT2D eigenvalue weighted by Gasteiger charge is 2.11. The van der Waals surface area contributed by atoms with E-state index in [-0.39, 0.29) is 5.91 Å². The number of carbonyl (C=O) groups excluding carboxylic acids is 1. The smallest absolute Gasteiger partial charge is 0.220 e. The summed E-state index contributed by atoms with van der Waals surface area (Å²) < 4.78 is 10.3. The van der Waals surface area contributed by atoms with E-state index in [0.717, 1.165) is 28.1 Å². The molecule has 2 aromatic carbocycles. The fourth-order valence-corrected chi connectivity index (χ4v) is 2.59. The van der Waals surface area contributed by atoms with Gasteiger partial charge >= 0.3 is 0 Å². The Morgan fingerprint density at radius 1 is 1.16 bits per heavy atom. The van der Waals surface area contributed by atoms with Gasteiger partial charge in [0.25, 0.3) is 0 Å². The monoisotopic (exact) mass is 336 g/mol. The van der Waals surface area contributed by atoms with Crippen molar-refractivity contribution in [3.05, 3.63) is 72.0 Å². The number of hydrogen-bond acceptors (Lipinski definition) is 4. The fraction of sp³-hybridized carbons (Fsp3) is 0.200. The van der Waals surface area contributed by atoms with Crippen LogP contribution in [0, 0.1) is 0 Å². The molecule has 0 aliphatic carbocycles. The number of carbonyl (C=O) groups is 1. The molecule has 0 spiro atoms. The molecule has 1 amide bonds. The quantitative estimate of drug-likeness (QED) is 0.716. The molecule has 3 aromatic rings. The van der Waals surface area contributed by atoms with Crippen LogP contribution in [0.15, 0.2) is 65.4 Å². The van der Waals surface area contributed by atoms with E-state index in [1.807, 2.05) is 54.6 Å². The van der Waals surface area contributed by atoms with Crippen LogP contribution in [0.3, 0.4) is 0 Å². The molecule has 0 atom stereocenters. The molecule has 0 saturated carbocycles. The Morgan fingerprint density at radius 2 is 2.00 bits per heavy atom. The lowest BCUT2D eigenvalue weighted by Gasteiger charge is -2.07. The molecule has 25 heavy (non-hydrogen) atoms. The highest BCUT2D eigenvalue weighted by Crippen LogP contribution is 2.22. The van der Waals surface area contributed by atoms with Gasteiger partial charge in [-0.2, -0.15) is 0 Å². The number of methoxy groups -OCH3 is 1. The van der Waals surface area contributed by atoms with Gasteiger partial charge in [-0.1, -0.05) is 47.6 Å². The van der Waals surface area contributed by atoms with E-state index in [9.17, 15) is 4.79 Å². The Morgan fingerprint density at radius 3 is 2.80 bits per heavy atom. The normalized spacial score (nSPS) is 10.4. The minimum atomic E-state index is -0.0111. The van der Waals surface area contributed by atoms with Gasteiger partial charge in [-0.25, -0.2) is 0 Å². The van der Waals surface area contributed by atoms with E-state index < -0.39 is 0 Å². The molecule has 0 saturated heterocycles. The van der Waals surface area contributed by atoms with Crippen LogP contribution in [0.5, 0.6) is 5.75 Å². The van der Waals surface area contributed by atoms with Crippen molar-refractivity contribution in [3.8, 4) is 17.0 Å². The Hall–Kier alpha value is -3.08. The maximum absolute atomic E-state index is 12.1. The van der Waals surface area contributed by atoms with E-state index in [4.69, 9.17) is 9.26 Å². The Bertz CT molecular complexity index is 828. The molecule has 1 heterocycles. The summed E-state index contributed by atoms with van der Waals surface area (Å²) in [4.78, 5) is 12.1. The molecular formula is C20H20N2O3. The van der Waals surface area contributed by atoms with E-state index in [2.05, 4.69) is 10.5 Å². The van der Waals surface area contributed by atoms with Crippen molar-refractivity contribution in [2.24, 2.45) is 0 Å². The lowest BCUT2D eigenvalue weighted by Crippen LogP contribution is -2.23. The molecule has 5 heteroatoms. The van der Waals surface area contributed by atoms with E-state index >= 15 is 0 Å². The van der Waals surface area contributed by atoms with Crippen LogP contribution in [-0.2, 0) is 17.8 Å². The van der Waals surface area contributed by atoms with Gasteiger partial charge in [0.05, 0.1) is 7.11 Å². The topological polar surface area (TPSA) is 64.4 Å². The van der Waals surface area contributed by atoms with Crippen LogP contribution < -0.4 is 10.1 Å². The van der Waals surface area contributed by atoms with Gasteiger partial charge in [0, 0.05) is 24.1 Å². The van der Waals surface area contributed by atoms with Crippen molar-refractivity contribution in [2.45, 2.75) is 19.4 Å². The first-order valence-electron chi connectivity index (χ1n) is 8.14. The van der Waals surface area contributed by atoms with E-state index in [0.29, 0.717) is 19.4 Å². The summed E-state index contributed by atoms with van der Waals surface area (Å²) >= 11 is 0. The van der Waals surface area contributed by atoms with Gasteiger partial charge < -0.3 is 14.6 Å². The number of hydrogen-bond donors (Lipinski definition) is 1. The number of aryl methyl sites for hydroxylation is 1. The molecule has 1 aromatic heterocycles. The highest BCUT2D eigenvalue weighted by atomic mass is 16.5. The first-order valence-corrected chi connectivity index (χ1v) is 8.14. The molecule has 0 aliphatic rings. The van der Waals surface area contributed by atoms with Crippen molar-refractivity contribution < 1.29 is 14.1 Å². The van der Waals surface area contributed by atoms with Crippen LogP contribution in [0.1, 0.15) is 17.5 Å². The molecule has 1 N–H and O–H groups in total. The number of aromatic nitrogens is 1. The first kappa shape index (κ1) is 16.8. The van der Waals surface area contributed by atoms with Crippen LogP contribution >= 0.6 is 0 Å². The summed E-state index contributed by atoms with van der Waals surface area (Å²) in [5, 5.41) is 6.98. The highest BCUT2D eigenvalue weighted by molar-refractivity contribution is 5.76. The van der Waals surface area contributed by atoms with Crippen LogP contribution in [0.4, 0.5) is 0 Å². The number of rotatable bonds is 7. The van der Waals surface area contributed by atoms with Gasteiger partial charge in [-0.15, -0.1) is 0 Å². The molecule has 0 fully saturated rings. The molecule has 0 bridgehead atoms. The first-order chi connectivity index (χ1) is 12.3. The number of nitrogens with zero attached hydrogens (tertiary/aromatic N) is 1. The third-order valence-corrected chi connectivity index (χ3v) is 3.94. The second-order valence-corrected chi connectivity index (χ2v) is 5.68. The average molecular weight is 336 g/mol. The summed E-state index contributed by atoms with van der Waals surface area (Å²) in [7, 11) is 1.63.